The van der Waals surface area contributed by atoms with Gasteiger partial charge >= 0.3 is 6.16 Å². The summed E-state index contributed by atoms with van der Waals surface area (Å²) in [6.07, 6.45) is 0.641. The van der Waals surface area contributed by atoms with Crippen LogP contribution in [-0.4, -0.2) is 29.0 Å². The maximum Gasteiger partial charge on any atom is 0.510 e. The fraction of sp³-hybridized carbons (Fsp3) is 0.857. The van der Waals surface area contributed by atoms with Gasteiger partial charge in [-0.1, -0.05) is 0 Å². The number of thioether (sulfide) groups is 2. The molecule has 0 aromatic carbocycles. The number of hydrogen-bond acceptors (Lipinski definition) is 5. The molecule has 0 amide bonds. The standard InChI is InChI=1S/C7H12O3S2/c1-2-9-6(8)10-7-11-4-3-5-12-7/h7H,2-5H2,1H3. The van der Waals surface area contributed by atoms with E-state index in [1.807, 2.05) is 0 Å². The largest absolute Gasteiger partial charge is 0.510 e. The van der Waals surface area contributed by atoms with Gasteiger partial charge < -0.3 is 9.47 Å². The molecule has 0 radical (unpaired) electrons. The Hall–Kier alpha value is -0.0300. The van der Waals surface area contributed by atoms with Crippen LogP contribution in [0.3, 0.4) is 0 Å². The minimum atomic E-state index is -0.551. The first-order chi connectivity index (χ1) is 5.83. The third-order valence-electron chi connectivity index (χ3n) is 1.25. The molecule has 70 valence electrons. The van der Waals surface area contributed by atoms with Crippen LogP contribution < -0.4 is 0 Å². The van der Waals surface area contributed by atoms with E-state index in [0.29, 0.717) is 6.61 Å². The van der Waals surface area contributed by atoms with Crippen LogP contribution in [-0.2, 0) is 9.47 Å². The molecule has 1 aliphatic heterocycles. The number of ether oxygens (including phenoxy) is 2. The summed E-state index contributed by atoms with van der Waals surface area (Å²) in [6.45, 7) is 2.14. The minimum Gasteiger partial charge on any atom is -0.435 e. The van der Waals surface area contributed by atoms with E-state index in [1.165, 1.54) is 6.42 Å². The molecule has 12 heavy (non-hydrogen) atoms. The smallest absolute Gasteiger partial charge is 0.435 e. The lowest BCUT2D eigenvalue weighted by Crippen LogP contribution is -2.16. The van der Waals surface area contributed by atoms with Crippen LogP contribution in [0.4, 0.5) is 4.79 Å². The van der Waals surface area contributed by atoms with Crippen molar-refractivity contribution in [2.24, 2.45) is 0 Å². The van der Waals surface area contributed by atoms with E-state index >= 15 is 0 Å². The molecule has 1 rings (SSSR count). The molecule has 5 heteroatoms. The molecular weight excluding hydrogens is 196 g/mol. The topological polar surface area (TPSA) is 35.5 Å². The maximum absolute atomic E-state index is 10.8. The lowest BCUT2D eigenvalue weighted by Gasteiger charge is -2.19. The van der Waals surface area contributed by atoms with E-state index in [9.17, 15) is 4.79 Å². The van der Waals surface area contributed by atoms with Crippen LogP contribution >= 0.6 is 23.5 Å². The number of carbonyl (C=O) groups is 1. The zero-order valence-electron chi connectivity index (χ0n) is 6.95. The third kappa shape index (κ3) is 3.58. The third-order valence-corrected chi connectivity index (χ3v) is 3.85. The van der Waals surface area contributed by atoms with Gasteiger partial charge in [0.25, 0.3) is 0 Å². The van der Waals surface area contributed by atoms with Gasteiger partial charge in [-0.3, -0.25) is 0 Å². The van der Waals surface area contributed by atoms with Crippen molar-refractivity contribution in [3.05, 3.63) is 0 Å². The molecular formula is C7H12O3S2. The van der Waals surface area contributed by atoms with Crippen LogP contribution in [0.5, 0.6) is 0 Å². The van der Waals surface area contributed by atoms with E-state index in [1.54, 1.807) is 30.4 Å². The molecule has 0 spiro atoms. The Morgan fingerprint density at radius 2 is 2.17 bits per heavy atom. The van der Waals surface area contributed by atoms with Crippen LogP contribution in [0, 0.1) is 0 Å². The highest BCUT2D eigenvalue weighted by Gasteiger charge is 2.18. The minimum absolute atomic E-state index is 0.0576. The van der Waals surface area contributed by atoms with Crippen molar-refractivity contribution >= 4 is 29.7 Å². The van der Waals surface area contributed by atoms with E-state index < -0.39 is 6.16 Å². The lowest BCUT2D eigenvalue weighted by molar-refractivity contribution is 0.0671. The van der Waals surface area contributed by atoms with Gasteiger partial charge in [0.15, 0.2) is 4.77 Å². The van der Waals surface area contributed by atoms with Gasteiger partial charge in [-0.2, -0.15) is 0 Å². The van der Waals surface area contributed by atoms with E-state index in [2.05, 4.69) is 4.74 Å². The first-order valence-electron chi connectivity index (χ1n) is 3.89. The second kappa shape index (κ2) is 5.59. The van der Waals surface area contributed by atoms with Gasteiger partial charge in [-0.15, -0.1) is 23.5 Å². The summed E-state index contributed by atoms with van der Waals surface area (Å²) in [5, 5.41) is 0. The molecule has 0 unspecified atom stereocenters. The average molecular weight is 208 g/mol. The van der Waals surface area contributed by atoms with Crippen LogP contribution in [0.25, 0.3) is 0 Å². The molecule has 1 fully saturated rings. The summed E-state index contributed by atoms with van der Waals surface area (Å²) in [6, 6.07) is 0. The summed E-state index contributed by atoms with van der Waals surface area (Å²) >= 11 is 3.31. The molecule has 0 bridgehead atoms. The highest BCUT2D eigenvalue weighted by atomic mass is 32.2. The Balaban J connectivity index is 2.15. The summed E-state index contributed by atoms with van der Waals surface area (Å²) < 4.78 is 9.60. The number of hydrogen-bond donors (Lipinski definition) is 0. The van der Waals surface area contributed by atoms with Crippen molar-refractivity contribution in [2.75, 3.05) is 18.1 Å². The molecule has 0 atom stereocenters. The zero-order chi connectivity index (χ0) is 8.81. The van der Waals surface area contributed by atoms with Crippen molar-refractivity contribution in [3.63, 3.8) is 0 Å². The molecule has 0 saturated carbocycles. The van der Waals surface area contributed by atoms with E-state index in [0.717, 1.165) is 11.5 Å². The number of rotatable bonds is 2. The van der Waals surface area contributed by atoms with Gasteiger partial charge in [-0.05, 0) is 24.9 Å². The second-order valence-electron chi connectivity index (χ2n) is 2.18. The summed E-state index contributed by atoms with van der Waals surface area (Å²) in [7, 11) is 0. The van der Waals surface area contributed by atoms with Gasteiger partial charge in [-0.25, -0.2) is 4.79 Å². The van der Waals surface area contributed by atoms with Crippen molar-refractivity contribution < 1.29 is 14.3 Å². The molecule has 0 aromatic rings. The second-order valence-corrected chi connectivity index (χ2v) is 4.82. The highest BCUT2D eigenvalue weighted by Crippen LogP contribution is 2.31. The normalized spacial score (nSPS) is 18.8. The first-order valence-corrected chi connectivity index (χ1v) is 5.99. The molecule has 0 N–H and O–H groups in total. The van der Waals surface area contributed by atoms with Gasteiger partial charge in [0.1, 0.15) is 0 Å². The van der Waals surface area contributed by atoms with Gasteiger partial charge in [0, 0.05) is 0 Å². The van der Waals surface area contributed by atoms with E-state index in [4.69, 9.17) is 4.74 Å². The van der Waals surface area contributed by atoms with Crippen molar-refractivity contribution in [1.29, 1.82) is 0 Å². The predicted octanol–water partition coefficient (Wildman–Crippen LogP) is 2.31. The predicted molar refractivity (Wildman–Crippen MR) is 51.4 cm³/mol. The Labute approximate surface area is 80.6 Å². The molecule has 1 aliphatic rings. The molecule has 1 saturated heterocycles. The highest BCUT2D eigenvalue weighted by molar-refractivity contribution is 8.17. The van der Waals surface area contributed by atoms with Crippen LogP contribution in [0.15, 0.2) is 0 Å². The Bertz CT molecular complexity index is 146. The zero-order valence-corrected chi connectivity index (χ0v) is 8.58. The number of carbonyl (C=O) groups excluding carboxylic acids is 1. The molecule has 0 aromatic heterocycles. The van der Waals surface area contributed by atoms with Crippen molar-refractivity contribution in [3.8, 4) is 0 Å². The summed E-state index contributed by atoms with van der Waals surface area (Å²) in [5.74, 6) is 2.13. The van der Waals surface area contributed by atoms with E-state index in [-0.39, 0.29) is 4.77 Å². The quantitative estimate of drug-likeness (QED) is 0.651. The Morgan fingerprint density at radius 3 is 2.75 bits per heavy atom. The Morgan fingerprint density at radius 1 is 1.50 bits per heavy atom. The molecule has 0 aliphatic carbocycles. The monoisotopic (exact) mass is 208 g/mol. The van der Waals surface area contributed by atoms with Gasteiger partial charge in [0.05, 0.1) is 6.61 Å². The molecule has 1 heterocycles. The van der Waals surface area contributed by atoms with Crippen LogP contribution in [0.1, 0.15) is 13.3 Å². The Kier molecular flexibility index (Phi) is 4.68. The fourth-order valence-electron chi connectivity index (χ4n) is 0.765. The summed E-state index contributed by atoms with van der Waals surface area (Å²) in [4.78, 5) is 10.8. The maximum atomic E-state index is 10.8. The summed E-state index contributed by atoms with van der Waals surface area (Å²) in [5.41, 5.74) is 0. The van der Waals surface area contributed by atoms with Crippen molar-refractivity contribution in [2.45, 2.75) is 18.1 Å². The van der Waals surface area contributed by atoms with Gasteiger partial charge in [0.2, 0.25) is 0 Å². The van der Waals surface area contributed by atoms with Crippen molar-refractivity contribution in [1.82, 2.24) is 0 Å². The lowest BCUT2D eigenvalue weighted by atomic mass is 10.6. The molecule has 3 nitrogen and oxygen atoms in total. The SMILES string of the molecule is CCOC(=O)OC1SCCCS1. The first kappa shape index (κ1) is 10.1. The average Bonchev–Trinajstić information content (AvgIpc) is 2.06. The fourth-order valence-corrected chi connectivity index (χ4v) is 3.21. The van der Waals surface area contributed by atoms with Crippen LogP contribution in [0.2, 0.25) is 0 Å².